The van der Waals surface area contributed by atoms with Crippen molar-refractivity contribution < 1.29 is 0 Å². The summed E-state index contributed by atoms with van der Waals surface area (Å²) in [6, 6.07) is 6.13. The number of nitrogens with zero attached hydrogens (tertiary/aromatic N) is 2. The minimum atomic E-state index is 0.716. The van der Waals surface area contributed by atoms with Gasteiger partial charge < -0.3 is 0 Å². The summed E-state index contributed by atoms with van der Waals surface area (Å²) >= 11 is 5.93. The summed E-state index contributed by atoms with van der Waals surface area (Å²) < 4.78 is 4.50. The lowest BCUT2D eigenvalue weighted by Crippen LogP contribution is -1.89. The zero-order chi connectivity index (χ0) is 9.71. The second kappa shape index (κ2) is 3.20. The highest BCUT2D eigenvalue weighted by Crippen LogP contribution is 2.42. The van der Waals surface area contributed by atoms with Crippen molar-refractivity contribution in [2.45, 2.75) is 18.8 Å². The van der Waals surface area contributed by atoms with Gasteiger partial charge in [-0.05, 0) is 63.5 Å². The largest absolute Gasteiger partial charge is 0.281 e. The number of fused-ring (bicyclic) bond motifs is 1. The van der Waals surface area contributed by atoms with Crippen molar-refractivity contribution >= 4 is 44.2 Å². The molecule has 1 fully saturated rings. The van der Waals surface area contributed by atoms with Crippen LogP contribution in [-0.2, 0) is 0 Å². The topological polar surface area (TPSA) is 17.3 Å². The first-order valence-electron chi connectivity index (χ1n) is 4.60. The molecule has 1 aliphatic carbocycles. The van der Waals surface area contributed by atoms with Crippen LogP contribution in [0.5, 0.6) is 0 Å². The summed E-state index contributed by atoms with van der Waals surface area (Å²) in [6.07, 6.45) is 2.61. The number of hydrogen-bond acceptors (Lipinski definition) is 1. The van der Waals surface area contributed by atoms with Crippen LogP contribution >= 0.6 is 38.5 Å². The summed E-state index contributed by atoms with van der Waals surface area (Å²) in [5.74, 6) is 0.716. The highest BCUT2D eigenvalue weighted by Gasteiger charge is 2.29. The van der Waals surface area contributed by atoms with Crippen LogP contribution in [0, 0.1) is 3.70 Å². The zero-order valence-corrected chi connectivity index (χ0v) is 11.1. The molecule has 0 amide bonds. The van der Waals surface area contributed by atoms with Gasteiger partial charge in [-0.3, -0.25) is 4.40 Å². The molecule has 0 saturated heterocycles. The van der Waals surface area contributed by atoms with Crippen LogP contribution in [0.4, 0.5) is 0 Å². The molecule has 3 rings (SSSR count). The Kier molecular flexibility index (Phi) is 2.09. The molecule has 0 aliphatic heterocycles. The van der Waals surface area contributed by atoms with E-state index in [2.05, 4.69) is 54.0 Å². The van der Waals surface area contributed by atoms with Crippen molar-refractivity contribution in [3.63, 3.8) is 0 Å². The van der Waals surface area contributed by atoms with Crippen molar-refractivity contribution in [1.29, 1.82) is 0 Å². The van der Waals surface area contributed by atoms with Crippen LogP contribution in [-0.4, -0.2) is 9.38 Å². The molecular weight excluding hydrogens is 355 g/mol. The van der Waals surface area contributed by atoms with Crippen molar-refractivity contribution in [1.82, 2.24) is 9.38 Å². The predicted molar refractivity (Wildman–Crippen MR) is 67.6 cm³/mol. The average Bonchev–Trinajstić information content (AvgIpc) is 2.93. The zero-order valence-electron chi connectivity index (χ0n) is 7.37. The Morgan fingerprint density at radius 2 is 2.21 bits per heavy atom. The maximum Gasteiger partial charge on any atom is 0.138 e. The fourth-order valence-electron chi connectivity index (χ4n) is 1.65. The Morgan fingerprint density at radius 3 is 2.86 bits per heavy atom. The first kappa shape index (κ1) is 9.15. The molecule has 72 valence electrons. The van der Waals surface area contributed by atoms with E-state index in [1.165, 1.54) is 22.2 Å². The number of halogens is 2. The quantitative estimate of drug-likeness (QED) is 0.560. The third kappa shape index (κ3) is 1.31. The first-order valence-corrected chi connectivity index (χ1v) is 6.47. The van der Waals surface area contributed by atoms with Crippen LogP contribution in [0.1, 0.15) is 24.5 Å². The third-order valence-corrected chi connectivity index (χ3v) is 4.18. The van der Waals surface area contributed by atoms with Gasteiger partial charge in [-0.25, -0.2) is 4.98 Å². The molecular formula is C10H8BrIN2. The molecule has 2 aromatic rings. The van der Waals surface area contributed by atoms with Gasteiger partial charge in [0.05, 0.1) is 10.3 Å². The molecule has 0 aromatic carbocycles. The number of hydrogen-bond donors (Lipinski definition) is 0. The van der Waals surface area contributed by atoms with Gasteiger partial charge in [-0.2, -0.15) is 0 Å². The van der Waals surface area contributed by atoms with E-state index in [-0.39, 0.29) is 0 Å². The fourth-order valence-corrected chi connectivity index (χ4v) is 3.57. The molecule has 0 atom stereocenters. The van der Waals surface area contributed by atoms with E-state index in [0.29, 0.717) is 5.92 Å². The molecule has 1 aliphatic rings. The second-order valence-corrected chi connectivity index (χ2v) is 5.44. The standard InChI is InChI=1S/C10H8BrIN2/c11-7-2-1-3-8-13-9(6-4-5-6)10(12)14(7)8/h1-3,6H,4-5H2. The van der Waals surface area contributed by atoms with Gasteiger partial charge in [-0.1, -0.05) is 6.07 Å². The Bertz CT molecular complexity index is 502. The van der Waals surface area contributed by atoms with Gasteiger partial charge in [0.2, 0.25) is 0 Å². The van der Waals surface area contributed by atoms with E-state index in [4.69, 9.17) is 0 Å². The Balaban J connectivity index is 2.34. The number of imidazole rings is 1. The summed E-state index contributed by atoms with van der Waals surface area (Å²) in [6.45, 7) is 0. The van der Waals surface area contributed by atoms with Crippen LogP contribution in [0.2, 0.25) is 0 Å². The van der Waals surface area contributed by atoms with E-state index in [9.17, 15) is 0 Å². The van der Waals surface area contributed by atoms with Crippen molar-refractivity contribution in [3.8, 4) is 0 Å². The van der Waals surface area contributed by atoms with Crippen molar-refractivity contribution in [3.05, 3.63) is 32.2 Å². The van der Waals surface area contributed by atoms with Gasteiger partial charge >= 0.3 is 0 Å². The van der Waals surface area contributed by atoms with E-state index >= 15 is 0 Å². The van der Waals surface area contributed by atoms with Crippen LogP contribution in [0.3, 0.4) is 0 Å². The Labute approximate surface area is 104 Å². The van der Waals surface area contributed by atoms with Crippen LogP contribution < -0.4 is 0 Å². The minimum absolute atomic E-state index is 0.716. The molecule has 0 radical (unpaired) electrons. The highest BCUT2D eigenvalue weighted by atomic mass is 127. The molecule has 14 heavy (non-hydrogen) atoms. The maximum absolute atomic E-state index is 4.66. The molecule has 0 bridgehead atoms. The molecule has 1 saturated carbocycles. The van der Waals surface area contributed by atoms with Gasteiger partial charge in [0, 0.05) is 5.92 Å². The number of aromatic nitrogens is 2. The summed E-state index contributed by atoms with van der Waals surface area (Å²) in [7, 11) is 0. The smallest absolute Gasteiger partial charge is 0.138 e. The molecule has 2 nitrogen and oxygen atoms in total. The SMILES string of the molecule is Brc1cccc2nc(C3CC3)c(I)n12. The summed E-state index contributed by atoms with van der Waals surface area (Å²) in [5.41, 5.74) is 2.32. The summed E-state index contributed by atoms with van der Waals surface area (Å²) in [5, 5.41) is 0. The van der Waals surface area contributed by atoms with E-state index in [1.54, 1.807) is 0 Å². The predicted octanol–water partition coefficient (Wildman–Crippen LogP) is 3.58. The van der Waals surface area contributed by atoms with Gasteiger partial charge in [0.15, 0.2) is 0 Å². The van der Waals surface area contributed by atoms with Gasteiger partial charge in [0.1, 0.15) is 9.35 Å². The molecule has 0 spiro atoms. The van der Waals surface area contributed by atoms with E-state index in [1.807, 2.05) is 12.1 Å². The lowest BCUT2D eigenvalue weighted by atomic mass is 10.3. The molecule has 4 heteroatoms. The van der Waals surface area contributed by atoms with E-state index in [0.717, 1.165) is 10.3 Å². The van der Waals surface area contributed by atoms with Crippen molar-refractivity contribution in [2.75, 3.05) is 0 Å². The first-order chi connectivity index (χ1) is 6.77. The van der Waals surface area contributed by atoms with Crippen LogP contribution in [0.25, 0.3) is 5.65 Å². The monoisotopic (exact) mass is 362 g/mol. The third-order valence-electron chi connectivity index (χ3n) is 2.53. The lowest BCUT2D eigenvalue weighted by Gasteiger charge is -1.98. The average molecular weight is 363 g/mol. The lowest BCUT2D eigenvalue weighted by molar-refractivity contribution is 1.03. The second-order valence-electron chi connectivity index (χ2n) is 3.60. The Morgan fingerprint density at radius 1 is 1.43 bits per heavy atom. The van der Waals surface area contributed by atoms with Crippen LogP contribution in [0.15, 0.2) is 22.8 Å². The molecule has 0 N–H and O–H groups in total. The maximum atomic E-state index is 4.66. The summed E-state index contributed by atoms with van der Waals surface area (Å²) in [4.78, 5) is 4.66. The number of pyridine rings is 1. The minimum Gasteiger partial charge on any atom is -0.281 e. The molecule has 0 unspecified atom stereocenters. The van der Waals surface area contributed by atoms with E-state index < -0.39 is 0 Å². The van der Waals surface area contributed by atoms with Gasteiger partial charge in [0.25, 0.3) is 0 Å². The molecule has 2 heterocycles. The van der Waals surface area contributed by atoms with Gasteiger partial charge in [-0.15, -0.1) is 0 Å². The van der Waals surface area contributed by atoms with Crippen molar-refractivity contribution in [2.24, 2.45) is 0 Å². The number of rotatable bonds is 1. The Hall–Kier alpha value is -0.100. The normalized spacial score (nSPS) is 16.4. The highest BCUT2D eigenvalue weighted by molar-refractivity contribution is 14.1. The molecule has 2 aromatic heterocycles. The fraction of sp³-hybridized carbons (Fsp3) is 0.300.